The number of likely N-dealkylation sites (N-methyl/N-ethyl adjacent to an activating group) is 1. The van der Waals surface area contributed by atoms with Gasteiger partial charge in [-0.15, -0.1) is 0 Å². The second kappa shape index (κ2) is 7.17. The van der Waals surface area contributed by atoms with Crippen molar-refractivity contribution < 1.29 is 5.11 Å². The molecule has 0 saturated carbocycles. The summed E-state index contributed by atoms with van der Waals surface area (Å²) in [7, 11) is 1.99. The van der Waals surface area contributed by atoms with Crippen LogP contribution in [0, 0.1) is 0 Å². The molecule has 1 aromatic carbocycles. The van der Waals surface area contributed by atoms with Crippen molar-refractivity contribution in [3.63, 3.8) is 0 Å². The van der Waals surface area contributed by atoms with Gasteiger partial charge in [0.2, 0.25) is 5.13 Å². The van der Waals surface area contributed by atoms with E-state index in [1.807, 2.05) is 18.0 Å². The molecule has 0 bridgehead atoms. The largest absolute Gasteiger partial charge is 0.387 e. The van der Waals surface area contributed by atoms with Crippen LogP contribution in [0.2, 0.25) is 0 Å². The van der Waals surface area contributed by atoms with Crippen LogP contribution >= 0.6 is 11.5 Å². The number of benzene rings is 1. The van der Waals surface area contributed by atoms with E-state index in [9.17, 15) is 5.11 Å². The van der Waals surface area contributed by atoms with Gasteiger partial charge in [-0.2, -0.15) is 4.37 Å². The highest BCUT2D eigenvalue weighted by atomic mass is 32.1. The molecule has 0 amide bonds. The lowest BCUT2D eigenvalue weighted by Crippen LogP contribution is -2.43. The highest BCUT2D eigenvalue weighted by molar-refractivity contribution is 7.09. The first-order valence-corrected chi connectivity index (χ1v) is 9.26. The SMILES string of the molecule is CC(C)c1nsc(N(C)CC2(O)CCN(Cc3ccccc3)C2)n1. The third-order valence-corrected chi connectivity index (χ3v) is 5.31. The molecule has 2 heterocycles. The Hall–Kier alpha value is -1.50. The number of β-amino-alcohol motifs (C(OH)–C–C–N with tert-alkyl or cyclic N) is 1. The molecule has 3 rings (SSSR count). The number of rotatable bonds is 6. The van der Waals surface area contributed by atoms with E-state index in [-0.39, 0.29) is 0 Å². The smallest absolute Gasteiger partial charge is 0.205 e. The van der Waals surface area contributed by atoms with E-state index in [4.69, 9.17) is 0 Å². The van der Waals surface area contributed by atoms with E-state index < -0.39 is 5.60 Å². The van der Waals surface area contributed by atoms with Crippen molar-refractivity contribution in [3.05, 3.63) is 41.7 Å². The lowest BCUT2D eigenvalue weighted by Gasteiger charge is -2.28. The van der Waals surface area contributed by atoms with Gasteiger partial charge < -0.3 is 10.0 Å². The number of hydrogen-bond acceptors (Lipinski definition) is 6. The molecule has 1 atom stereocenters. The van der Waals surface area contributed by atoms with Crippen LogP contribution in [0.15, 0.2) is 30.3 Å². The fourth-order valence-electron chi connectivity index (χ4n) is 3.17. The Labute approximate surface area is 148 Å². The summed E-state index contributed by atoms with van der Waals surface area (Å²) in [4.78, 5) is 8.94. The topological polar surface area (TPSA) is 52.5 Å². The maximum absolute atomic E-state index is 11.0. The van der Waals surface area contributed by atoms with Gasteiger partial charge in [0.1, 0.15) is 5.82 Å². The number of aromatic nitrogens is 2. The van der Waals surface area contributed by atoms with E-state index in [2.05, 4.69) is 52.4 Å². The predicted octanol–water partition coefficient (Wildman–Crippen LogP) is 2.73. The van der Waals surface area contributed by atoms with Gasteiger partial charge in [-0.1, -0.05) is 44.2 Å². The molecular weight excluding hydrogens is 320 g/mol. The molecular formula is C18H26N4OS. The molecule has 1 fully saturated rings. The molecule has 1 aliphatic heterocycles. The lowest BCUT2D eigenvalue weighted by molar-refractivity contribution is 0.0562. The molecule has 0 spiro atoms. The Morgan fingerprint density at radius 3 is 2.75 bits per heavy atom. The van der Waals surface area contributed by atoms with Crippen molar-refractivity contribution in [2.24, 2.45) is 0 Å². The van der Waals surface area contributed by atoms with Crippen molar-refractivity contribution >= 4 is 16.7 Å². The third kappa shape index (κ3) is 4.12. The van der Waals surface area contributed by atoms with Gasteiger partial charge >= 0.3 is 0 Å². The summed E-state index contributed by atoms with van der Waals surface area (Å²) in [5.74, 6) is 1.21. The number of likely N-dealkylation sites (tertiary alicyclic amines) is 1. The van der Waals surface area contributed by atoms with Crippen LogP contribution < -0.4 is 4.90 Å². The number of aliphatic hydroxyl groups is 1. The summed E-state index contributed by atoms with van der Waals surface area (Å²) in [5.41, 5.74) is 0.605. The first kappa shape index (κ1) is 17.3. The second-order valence-corrected chi connectivity index (χ2v) is 7.85. The average Bonchev–Trinajstić information content (AvgIpc) is 3.16. The van der Waals surface area contributed by atoms with Gasteiger partial charge in [0.05, 0.1) is 5.60 Å². The van der Waals surface area contributed by atoms with Crippen LogP contribution in [0.1, 0.15) is 37.6 Å². The van der Waals surface area contributed by atoms with Crippen molar-refractivity contribution in [3.8, 4) is 0 Å². The molecule has 1 aliphatic rings. The fourth-order valence-corrected chi connectivity index (χ4v) is 3.94. The maximum Gasteiger partial charge on any atom is 0.205 e. The summed E-state index contributed by atoms with van der Waals surface area (Å²) in [6.45, 7) is 7.29. The standard InChI is InChI=1S/C18H26N4OS/c1-14(2)16-19-17(24-20-16)21(3)12-18(23)9-10-22(13-18)11-15-7-5-4-6-8-15/h4-8,14,23H,9-13H2,1-3H3. The second-order valence-electron chi connectivity index (χ2n) is 7.12. The van der Waals surface area contributed by atoms with Crippen molar-refractivity contribution in [2.75, 3.05) is 31.6 Å². The van der Waals surface area contributed by atoms with E-state index in [0.29, 0.717) is 19.0 Å². The van der Waals surface area contributed by atoms with Gasteiger partial charge in [-0.05, 0) is 12.0 Å². The van der Waals surface area contributed by atoms with E-state index >= 15 is 0 Å². The van der Waals surface area contributed by atoms with Gasteiger partial charge in [0, 0.05) is 50.7 Å². The summed E-state index contributed by atoms with van der Waals surface area (Å²) in [6.07, 6.45) is 0.792. The zero-order chi connectivity index (χ0) is 17.2. The van der Waals surface area contributed by atoms with Crippen LogP contribution in [-0.4, -0.2) is 51.6 Å². The molecule has 1 aromatic heterocycles. The third-order valence-electron chi connectivity index (χ3n) is 4.47. The quantitative estimate of drug-likeness (QED) is 0.872. The van der Waals surface area contributed by atoms with Crippen LogP contribution in [0.3, 0.4) is 0 Å². The van der Waals surface area contributed by atoms with Gasteiger partial charge in [-0.25, -0.2) is 4.98 Å². The Morgan fingerprint density at radius 2 is 2.08 bits per heavy atom. The Balaban J connectivity index is 1.58. The van der Waals surface area contributed by atoms with E-state index in [1.54, 1.807) is 0 Å². The van der Waals surface area contributed by atoms with Gasteiger partial charge in [0.25, 0.3) is 0 Å². The molecule has 1 unspecified atom stereocenters. The molecule has 24 heavy (non-hydrogen) atoms. The maximum atomic E-state index is 11.0. The van der Waals surface area contributed by atoms with Crippen LogP contribution in [-0.2, 0) is 6.54 Å². The molecule has 130 valence electrons. The zero-order valence-corrected chi connectivity index (χ0v) is 15.5. The Morgan fingerprint density at radius 1 is 1.33 bits per heavy atom. The first-order valence-electron chi connectivity index (χ1n) is 8.49. The van der Waals surface area contributed by atoms with Crippen LogP contribution in [0.5, 0.6) is 0 Å². The molecule has 2 aromatic rings. The Bertz CT molecular complexity index is 660. The first-order chi connectivity index (χ1) is 11.5. The summed E-state index contributed by atoms with van der Waals surface area (Å²) >= 11 is 1.41. The number of anilines is 1. The van der Waals surface area contributed by atoms with Crippen molar-refractivity contribution in [2.45, 2.75) is 38.3 Å². The van der Waals surface area contributed by atoms with E-state index in [1.165, 1.54) is 17.1 Å². The van der Waals surface area contributed by atoms with Crippen molar-refractivity contribution in [1.29, 1.82) is 0 Å². The van der Waals surface area contributed by atoms with E-state index in [0.717, 1.165) is 30.5 Å². The lowest BCUT2D eigenvalue weighted by atomic mass is 10.0. The highest BCUT2D eigenvalue weighted by Gasteiger charge is 2.37. The minimum atomic E-state index is -0.687. The van der Waals surface area contributed by atoms with Crippen LogP contribution in [0.4, 0.5) is 5.13 Å². The normalized spacial score (nSPS) is 21.5. The molecule has 6 heteroatoms. The van der Waals surface area contributed by atoms with Gasteiger partial charge in [0.15, 0.2) is 0 Å². The molecule has 5 nitrogen and oxygen atoms in total. The van der Waals surface area contributed by atoms with Gasteiger partial charge in [-0.3, -0.25) is 4.90 Å². The molecule has 0 aliphatic carbocycles. The average molecular weight is 346 g/mol. The molecule has 1 saturated heterocycles. The summed E-state index contributed by atoms with van der Waals surface area (Å²) in [5, 5.41) is 11.8. The summed E-state index contributed by atoms with van der Waals surface area (Å²) < 4.78 is 4.40. The zero-order valence-electron chi connectivity index (χ0n) is 14.6. The Kier molecular flexibility index (Phi) is 5.18. The van der Waals surface area contributed by atoms with Crippen LogP contribution in [0.25, 0.3) is 0 Å². The highest BCUT2D eigenvalue weighted by Crippen LogP contribution is 2.27. The minimum Gasteiger partial charge on any atom is -0.387 e. The molecule has 1 N–H and O–H groups in total. The summed E-state index contributed by atoms with van der Waals surface area (Å²) in [6, 6.07) is 10.4. The monoisotopic (exact) mass is 346 g/mol. The predicted molar refractivity (Wildman–Crippen MR) is 98.6 cm³/mol. The van der Waals surface area contributed by atoms with Crippen molar-refractivity contribution in [1.82, 2.24) is 14.3 Å². The minimum absolute atomic E-state index is 0.333. The fraction of sp³-hybridized carbons (Fsp3) is 0.556. The number of hydrogen-bond donors (Lipinski definition) is 1. The number of nitrogens with zero attached hydrogens (tertiary/aromatic N) is 4. The molecule has 0 radical (unpaired) electrons.